The predicted molar refractivity (Wildman–Crippen MR) is 146 cm³/mol. The molecule has 1 unspecified atom stereocenters. The van der Waals surface area contributed by atoms with E-state index in [9.17, 15) is 13.2 Å². The third-order valence-electron chi connectivity index (χ3n) is 7.28. The van der Waals surface area contributed by atoms with Gasteiger partial charge in [-0.1, -0.05) is 31.2 Å². The second-order valence-corrected chi connectivity index (χ2v) is 12.3. The number of hydrogen-bond donors (Lipinski definition) is 2. The van der Waals surface area contributed by atoms with E-state index in [4.69, 9.17) is 11.6 Å². The molecule has 1 fully saturated rings. The largest absolute Gasteiger partial charge is 0.368 e. The summed E-state index contributed by atoms with van der Waals surface area (Å²) in [5, 5.41) is 2.87. The summed E-state index contributed by atoms with van der Waals surface area (Å²) in [4.78, 5) is 17.4. The number of nitrogens with one attached hydrogen (secondary N) is 2. The highest BCUT2D eigenvalue weighted by Gasteiger charge is 2.31. The number of carbonyl (C=O) groups excluding carboxylic acids is 1. The summed E-state index contributed by atoms with van der Waals surface area (Å²) in [5.41, 5.74) is 2.56. The number of halogens is 1. The van der Waals surface area contributed by atoms with Crippen LogP contribution in [0.15, 0.2) is 47.4 Å². The summed E-state index contributed by atoms with van der Waals surface area (Å²) in [6.07, 6.45) is 2.64. The van der Waals surface area contributed by atoms with Gasteiger partial charge in [-0.15, -0.1) is 11.6 Å². The zero-order chi connectivity index (χ0) is 25.9. The van der Waals surface area contributed by atoms with E-state index in [1.165, 1.54) is 5.56 Å². The number of nitrogens with zero attached hydrogens (tertiary/aromatic N) is 2. The van der Waals surface area contributed by atoms with Crippen LogP contribution >= 0.6 is 11.6 Å². The molecule has 2 aromatic carbocycles. The Balaban J connectivity index is 1.68. The standard InChI is InChI=1S/C27H37ClN4O3S/c1-4-31-14-16-32(17-15-31)24-13-12-21(29-26(33)27(2,3)19-28)18-25(24)36(34,35)30-23-11-7-9-20-8-5-6-10-22(20)23/h5-6,8,10,12-13,18,23,30H,4,7,9,11,14-17,19H2,1-3H3,(H,29,33). The van der Waals surface area contributed by atoms with E-state index in [2.05, 4.69) is 32.8 Å². The van der Waals surface area contributed by atoms with Crippen LogP contribution in [0.1, 0.15) is 50.8 Å². The van der Waals surface area contributed by atoms with Crippen molar-refractivity contribution in [1.82, 2.24) is 9.62 Å². The SMILES string of the molecule is CCN1CCN(c2ccc(NC(=O)C(C)(C)CCl)cc2S(=O)(=O)NC2CCCc3ccccc32)CC1. The summed E-state index contributed by atoms with van der Waals surface area (Å²) >= 11 is 5.98. The van der Waals surface area contributed by atoms with Gasteiger partial charge in [0.05, 0.1) is 11.1 Å². The van der Waals surface area contributed by atoms with Crippen LogP contribution in [-0.4, -0.2) is 57.8 Å². The van der Waals surface area contributed by atoms with E-state index in [0.29, 0.717) is 11.4 Å². The molecule has 1 saturated heterocycles. The molecule has 1 amide bonds. The third-order valence-corrected chi connectivity index (χ3v) is 9.45. The average molecular weight is 533 g/mol. The van der Waals surface area contributed by atoms with Gasteiger partial charge in [0.25, 0.3) is 0 Å². The highest BCUT2D eigenvalue weighted by molar-refractivity contribution is 7.89. The number of alkyl halides is 1. The number of rotatable bonds is 8. The Kier molecular flexibility index (Phi) is 8.29. The normalized spacial score (nSPS) is 19.1. The first-order valence-electron chi connectivity index (χ1n) is 12.7. The van der Waals surface area contributed by atoms with Crippen molar-refractivity contribution in [1.29, 1.82) is 0 Å². The second-order valence-electron chi connectivity index (χ2n) is 10.3. The molecule has 9 heteroatoms. The molecule has 1 aliphatic heterocycles. The Morgan fingerprint density at radius 2 is 1.83 bits per heavy atom. The molecule has 7 nitrogen and oxygen atoms in total. The minimum absolute atomic E-state index is 0.159. The maximum atomic E-state index is 13.9. The van der Waals surface area contributed by atoms with Crippen LogP contribution in [0.25, 0.3) is 0 Å². The van der Waals surface area contributed by atoms with Crippen LogP contribution in [0.5, 0.6) is 0 Å². The molecule has 2 aromatic rings. The molecule has 0 spiro atoms. The Hall–Kier alpha value is -2.13. The fourth-order valence-corrected chi connectivity index (χ4v) is 6.48. The smallest absolute Gasteiger partial charge is 0.243 e. The molecule has 1 aliphatic carbocycles. The van der Waals surface area contributed by atoms with E-state index in [1.807, 2.05) is 24.3 Å². The van der Waals surface area contributed by atoms with E-state index < -0.39 is 15.4 Å². The van der Waals surface area contributed by atoms with Gasteiger partial charge in [0, 0.05) is 43.8 Å². The quantitative estimate of drug-likeness (QED) is 0.493. The van der Waals surface area contributed by atoms with Crippen molar-refractivity contribution in [3.05, 3.63) is 53.6 Å². The lowest BCUT2D eigenvalue weighted by Crippen LogP contribution is -2.46. The Bertz CT molecular complexity index is 1190. The molecule has 196 valence electrons. The zero-order valence-corrected chi connectivity index (χ0v) is 23.0. The van der Waals surface area contributed by atoms with Crippen molar-refractivity contribution in [2.45, 2.75) is 51.0 Å². The zero-order valence-electron chi connectivity index (χ0n) is 21.4. The molecule has 1 heterocycles. The highest BCUT2D eigenvalue weighted by Crippen LogP contribution is 2.34. The molecule has 0 radical (unpaired) electrons. The number of aryl methyl sites for hydroxylation is 1. The third kappa shape index (κ3) is 5.88. The topological polar surface area (TPSA) is 81.8 Å². The van der Waals surface area contributed by atoms with Gasteiger partial charge in [-0.3, -0.25) is 4.79 Å². The maximum absolute atomic E-state index is 13.9. The second kappa shape index (κ2) is 11.1. The van der Waals surface area contributed by atoms with E-state index in [1.54, 1.807) is 26.0 Å². The fraction of sp³-hybridized carbons (Fsp3) is 0.519. The summed E-state index contributed by atoms with van der Waals surface area (Å²) in [6, 6.07) is 12.9. The van der Waals surface area contributed by atoms with Crippen LogP contribution in [-0.2, 0) is 21.2 Å². The molecule has 0 bridgehead atoms. The number of piperazine rings is 1. The fourth-order valence-electron chi connectivity index (χ4n) is 4.86. The van der Waals surface area contributed by atoms with Gasteiger partial charge in [-0.25, -0.2) is 13.1 Å². The molecular formula is C27H37ClN4O3S. The summed E-state index contributed by atoms with van der Waals surface area (Å²) < 4.78 is 30.8. The van der Waals surface area contributed by atoms with Gasteiger partial charge in [0.1, 0.15) is 4.90 Å². The van der Waals surface area contributed by atoms with Crippen LogP contribution in [0, 0.1) is 5.41 Å². The summed E-state index contributed by atoms with van der Waals surface area (Å²) in [6.45, 7) is 9.87. The van der Waals surface area contributed by atoms with Gasteiger partial charge in [-0.2, -0.15) is 0 Å². The van der Waals surface area contributed by atoms with Gasteiger partial charge >= 0.3 is 0 Å². The van der Waals surface area contributed by atoms with Crippen molar-refractivity contribution < 1.29 is 13.2 Å². The first kappa shape index (κ1) is 26.9. The van der Waals surface area contributed by atoms with Crippen LogP contribution < -0.4 is 14.9 Å². The number of amides is 1. The number of anilines is 2. The molecule has 4 rings (SSSR count). The molecule has 1 atom stereocenters. The number of fused-ring (bicyclic) bond motifs is 1. The van der Waals surface area contributed by atoms with Gasteiger partial charge in [0.15, 0.2) is 0 Å². The maximum Gasteiger partial charge on any atom is 0.243 e. The van der Waals surface area contributed by atoms with Crippen molar-refractivity contribution in [3.63, 3.8) is 0 Å². The number of hydrogen-bond acceptors (Lipinski definition) is 5. The molecule has 2 N–H and O–H groups in total. The molecule has 36 heavy (non-hydrogen) atoms. The lowest BCUT2D eigenvalue weighted by atomic mass is 9.88. The summed E-state index contributed by atoms with van der Waals surface area (Å²) in [5.74, 6) is -0.0915. The number of carbonyl (C=O) groups is 1. The Labute approximate surface area is 220 Å². The Morgan fingerprint density at radius 3 is 2.53 bits per heavy atom. The first-order chi connectivity index (χ1) is 17.1. The monoisotopic (exact) mass is 532 g/mol. The lowest BCUT2D eigenvalue weighted by Gasteiger charge is -2.36. The highest BCUT2D eigenvalue weighted by atomic mass is 35.5. The molecule has 0 aromatic heterocycles. The van der Waals surface area contributed by atoms with E-state index >= 15 is 0 Å². The van der Waals surface area contributed by atoms with Crippen LogP contribution in [0.4, 0.5) is 11.4 Å². The van der Waals surface area contributed by atoms with Crippen LogP contribution in [0.3, 0.4) is 0 Å². The number of likely N-dealkylation sites (N-methyl/N-ethyl adjacent to an activating group) is 1. The average Bonchev–Trinajstić information content (AvgIpc) is 2.88. The molecule has 0 saturated carbocycles. The molecule has 2 aliphatic rings. The van der Waals surface area contributed by atoms with Crippen molar-refractivity contribution in [2.75, 3.05) is 48.8 Å². The van der Waals surface area contributed by atoms with Gasteiger partial charge in [0.2, 0.25) is 15.9 Å². The van der Waals surface area contributed by atoms with Crippen molar-refractivity contribution in [3.8, 4) is 0 Å². The van der Waals surface area contributed by atoms with Gasteiger partial charge in [-0.05, 0) is 69.0 Å². The minimum Gasteiger partial charge on any atom is -0.368 e. The Morgan fingerprint density at radius 1 is 1.11 bits per heavy atom. The predicted octanol–water partition coefficient (Wildman–Crippen LogP) is 4.39. The minimum atomic E-state index is -3.88. The molecular weight excluding hydrogens is 496 g/mol. The first-order valence-corrected chi connectivity index (χ1v) is 14.8. The summed E-state index contributed by atoms with van der Waals surface area (Å²) in [7, 11) is -3.88. The van der Waals surface area contributed by atoms with Crippen LogP contribution in [0.2, 0.25) is 0 Å². The van der Waals surface area contributed by atoms with Gasteiger partial charge < -0.3 is 15.1 Å². The number of benzene rings is 2. The van der Waals surface area contributed by atoms with Crippen molar-refractivity contribution in [2.24, 2.45) is 5.41 Å². The van der Waals surface area contributed by atoms with Crippen molar-refractivity contribution >= 4 is 38.9 Å². The van der Waals surface area contributed by atoms with E-state index in [-0.39, 0.29) is 22.7 Å². The number of sulfonamides is 1. The lowest BCUT2D eigenvalue weighted by molar-refractivity contribution is -0.122. The van der Waals surface area contributed by atoms with E-state index in [0.717, 1.165) is 57.5 Å².